The van der Waals surface area contributed by atoms with Gasteiger partial charge in [0.25, 0.3) is 5.91 Å². The average molecular weight is 447 g/mol. The first-order valence-electron chi connectivity index (χ1n) is 10.6. The highest BCUT2D eigenvalue weighted by Crippen LogP contribution is 2.44. The molecule has 9 nitrogen and oxygen atoms in total. The molecule has 1 saturated carbocycles. The molecule has 1 fully saturated rings. The second kappa shape index (κ2) is 8.09. The third-order valence-corrected chi connectivity index (χ3v) is 6.11. The number of carbonyl (C=O) groups excluding carboxylic acids is 2. The highest BCUT2D eigenvalue weighted by Gasteiger charge is 2.52. The van der Waals surface area contributed by atoms with Crippen LogP contribution in [0.3, 0.4) is 0 Å². The number of carboxylic acid groups (broad SMARTS) is 1. The maximum atomic E-state index is 12.4. The number of carboxylic acids is 1. The molecule has 0 saturated heterocycles. The number of ether oxygens (including phenoxy) is 1. The molecule has 5 rings (SSSR count). The number of alkyl carbamates (subject to hydrolysis) is 1. The monoisotopic (exact) mass is 447 g/mol. The van der Waals surface area contributed by atoms with Crippen LogP contribution in [0.1, 0.15) is 46.1 Å². The van der Waals surface area contributed by atoms with Gasteiger partial charge in [-0.2, -0.15) is 0 Å². The molecule has 2 aromatic carbocycles. The van der Waals surface area contributed by atoms with Crippen molar-refractivity contribution in [3.05, 3.63) is 77.5 Å². The lowest BCUT2D eigenvalue weighted by Crippen LogP contribution is -2.43. The molecule has 2 amide bonds. The average Bonchev–Trinajstić information content (AvgIpc) is 3.33. The van der Waals surface area contributed by atoms with Crippen molar-refractivity contribution in [2.45, 2.75) is 30.8 Å². The van der Waals surface area contributed by atoms with E-state index in [-0.39, 0.29) is 30.5 Å². The normalized spacial score (nSPS) is 15.3. The minimum atomic E-state index is -1.24. The lowest BCUT2D eigenvalue weighted by molar-refractivity contribution is -0.140. The van der Waals surface area contributed by atoms with Crippen molar-refractivity contribution in [1.82, 2.24) is 15.6 Å². The zero-order valence-corrected chi connectivity index (χ0v) is 17.5. The van der Waals surface area contributed by atoms with Gasteiger partial charge in [0.15, 0.2) is 17.8 Å². The van der Waals surface area contributed by atoms with Gasteiger partial charge in [0, 0.05) is 5.92 Å². The van der Waals surface area contributed by atoms with E-state index in [1.54, 1.807) is 0 Å². The summed E-state index contributed by atoms with van der Waals surface area (Å²) >= 11 is 0. The van der Waals surface area contributed by atoms with E-state index in [0.29, 0.717) is 12.8 Å². The molecule has 168 valence electrons. The van der Waals surface area contributed by atoms with Crippen LogP contribution in [0.15, 0.2) is 59.3 Å². The lowest BCUT2D eigenvalue weighted by Gasteiger charge is -2.14. The Morgan fingerprint density at radius 3 is 2.30 bits per heavy atom. The number of aliphatic carboxylic acids is 1. The van der Waals surface area contributed by atoms with E-state index in [1.807, 2.05) is 36.4 Å². The van der Waals surface area contributed by atoms with Gasteiger partial charge < -0.3 is 24.9 Å². The number of hydrogen-bond donors (Lipinski definition) is 3. The summed E-state index contributed by atoms with van der Waals surface area (Å²) in [5, 5.41) is 14.3. The molecule has 2 aliphatic rings. The van der Waals surface area contributed by atoms with Gasteiger partial charge in [-0.25, -0.2) is 14.6 Å². The number of rotatable bonds is 7. The van der Waals surface area contributed by atoms with E-state index < -0.39 is 23.5 Å². The van der Waals surface area contributed by atoms with Gasteiger partial charge in [0.05, 0.1) is 6.54 Å². The van der Waals surface area contributed by atoms with E-state index >= 15 is 0 Å². The van der Waals surface area contributed by atoms with Gasteiger partial charge in [-0.05, 0) is 35.1 Å². The quantitative estimate of drug-likeness (QED) is 0.507. The van der Waals surface area contributed by atoms with Gasteiger partial charge in [-0.15, -0.1) is 0 Å². The summed E-state index contributed by atoms with van der Waals surface area (Å²) < 4.78 is 10.7. The molecule has 0 unspecified atom stereocenters. The van der Waals surface area contributed by atoms with Crippen molar-refractivity contribution in [1.29, 1.82) is 0 Å². The number of benzene rings is 2. The molecule has 3 N–H and O–H groups in total. The number of nitrogens with one attached hydrogen (secondary N) is 2. The summed E-state index contributed by atoms with van der Waals surface area (Å²) in [6, 6.07) is 16.1. The van der Waals surface area contributed by atoms with Crippen LogP contribution in [0.25, 0.3) is 11.1 Å². The molecule has 3 aromatic rings. The van der Waals surface area contributed by atoms with Crippen LogP contribution < -0.4 is 10.6 Å². The van der Waals surface area contributed by atoms with Crippen LogP contribution in [0.5, 0.6) is 0 Å². The Labute approximate surface area is 188 Å². The summed E-state index contributed by atoms with van der Waals surface area (Å²) in [6.07, 6.45) is 1.13. The van der Waals surface area contributed by atoms with Crippen LogP contribution >= 0.6 is 0 Å². The van der Waals surface area contributed by atoms with E-state index in [0.717, 1.165) is 28.6 Å². The zero-order chi connectivity index (χ0) is 23.0. The maximum absolute atomic E-state index is 12.4. The van der Waals surface area contributed by atoms with Gasteiger partial charge in [-0.1, -0.05) is 48.5 Å². The van der Waals surface area contributed by atoms with Gasteiger partial charge in [-0.3, -0.25) is 4.79 Å². The lowest BCUT2D eigenvalue weighted by atomic mass is 9.98. The summed E-state index contributed by atoms with van der Waals surface area (Å²) in [6.45, 7) is 0.0320. The zero-order valence-electron chi connectivity index (χ0n) is 17.5. The predicted octanol–water partition coefficient (Wildman–Crippen LogP) is 3.06. The number of hydrogen-bond acceptors (Lipinski definition) is 6. The molecule has 33 heavy (non-hydrogen) atoms. The Balaban J connectivity index is 1.20. The molecule has 1 heterocycles. The number of fused-ring (bicyclic) bond motifs is 3. The number of oxazole rings is 1. The minimum absolute atomic E-state index is 0.0681. The summed E-state index contributed by atoms with van der Waals surface area (Å²) in [5.74, 6) is -1.70. The molecule has 1 aromatic heterocycles. The largest absolute Gasteiger partial charge is 0.480 e. The van der Waals surface area contributed by atoms with E-state index in [4.69, 9.17) is 9.15 Å². The topological polar surface area (TPSA) is 131 Å². The Morgan fingerprint density at radius 1 is 1.06 bits per heavy atom. The standard InChI is InChI=1S/C24H21N3O6/c28-21(27-24(9-10-24)22(29)30)20-19(33-13-26-20)11-25-23(31)32-12-18-16-7-3-1-5-14(16)15-6-2-4-8-17(15)18/h1-8,13,18H,9-12H2,(H,25,31)(H,27,28)(H,29,30). The fraction of sp³-hybridized carbons (Fsp3) is 0.250. The second-order valence-corrected chi connectivity index (χ2v) is 8.14. The van der Waals surface area contributed by atoms with Gasteiger partial charge >= 0.3 is 12.1 Å². The molecule has 0 spiro atoms. The molecule has 2 aliphatic carbocycles. The van der Waals surface area contributed by atoms with Crippen LogP contribution in [-0.4, -0.2) is 40.2 Å². The van der Waals surface area contributed by atoms with Crippen molar-refractivity contribution in [3.63, 3.8) is 0 Å². The van der Waals surface area contributed by atoms with E-state index in [1.165, 1.54) is 0 Å². The van der Waals surface area contributed by atoms with Crippen molar-refractivity contribution >= 4 is 18.0 Å². The van der Waals surface area contributed by atoms with E-state index in [2.05, 4.69) is 27.8 Å². The van der Waals surface area contributed by atoms with Crippen molar-refractivity contribution in [2.75, 3.05) is 6.61 Å². The molecular weight excluding hydrogens is 426 g/mol. The Morgan fingerprint density at radius 2 is 1.70 bits per heavy atom. The maximum Gasteiger partial charge on any atom is 0.407 e. The first-order chi connectivity index (χ1) is 16.0. The first kappa shape index (κ1) is 20.7. The third-order valence-electron chi connectivity index (χ3n) is 6.11. The number of carbonyl (C=O) groups is 3. The second-order valence-electron chi connectivity index (χ2n) is 8.14. The number of amides is 2. The molecule has 0 bridgehead atoms. The Hall–Kier alpha value is -4.14. The van der Waals surface area contributed by atoms with Crippen LogP contribution in [0.4, 0.5) is 4.79 Å². The smallest absolute Gasteiger partial charge is 0.407 e. The molecule has 0 aliphatic heterocycles. The Bertz CT molecular complexity index is 1200. The number of nitrogens with zero attached hydrogens (tertiary/aromatic N) is 1. The van der Waals surface area contributed by atoms with Crippen molar-refractivity contribution in [3.8, 4) is 11.1 Å². The van der Waals surface area contributed by atoms with Crippen molar-refractivity contribution in [2.24, 2.45) is 0 Å². The number of aromatic nitrogens is 1. The van der Waals surface area contributed by atoms with Crippen LogP contribution in [0, 0.1) is 0 Å². The van der Waals surface area contributed by atoms with Crippen LogP contribution in [-0.2, 0) is 16.1 Å². The van der Waals surface area contributed by atoms with Crippen molar-refractivity contribution < 1.29 is 28.6 Å². The third kappa shape index (κ3) is 3.82. The predicted molar refractivity (Wildman–Crippen MR) is 115 cm³/mol. The molecular formula is C24H21N3O6. The molecule has 9 heteroatoms. The van der Waals surface area contributed by atoms with Crippen LogP contribution in [0.2, 0.25) is 0 Å². The summed E-state index contributed by atoms with van der Waals surface area (Å²) in [7, 11) is 0. The highest BCUT2D eigenvalue weighted by atomic mass is 16.5. The van der Waals surface area contributed by atoms with Gasteiger partial charge in [0.2, 0.25) is 0 Å². The fourth-order valence-electron chi connectivity index (χ4n) is 4.18. The molecule has 0 atom stereocenters. The Kier molecular flexibility index (Phi) is 5.08. The SMILES string of the molecule is O=C(NCc1ocnc1C(=O)NC1(C(=O)O)CC1)OCC1c2ccccc2-c2ccccc21. The molecule has 0 radical (unpaired) electrons. The summed E-state index contributed by atoms with van der Waals surface area (Å²) in [4.78, 5) is 39.9. The van der Waals surface area contributed by atoms with E-state index in [9.17, 15) is 19.5 Å². The van der Waals surface area contributed by atoms with Gasteiger partial charge in [0.1, 0.15) is 12.1 Å². The fourth-order valence-corrected chi connectivity index (χ4v) is 4.18. The highest BCUT2D eigenvalue weighted by molar-refractivity contribution is 5.98. The minimum Gasteiger partial charge on any atom is -0.480 e. The first-order valence-corrected chi connectivity index (χ1v) is 10.6. The summed E-state index contributed by atoms with van der Waals surface area (Å²) in [5.41, 5.74) is 3.17.